The lowest BCUT2D eigenvalue weighted by molar-refractivity contribution is 0.0834. The van der Waals surface area contributed by atoms with Crippen LogP contribution in [-0.4, -0.2) is 28.1 Å². The summed E-state index contributed by atoms with van der Waals surface area (Å²) in [6.07, 6.45) is 4.95. The quantitative estimate of drug-likeness (QED) is 0.907. The molecule has 0 spiro atoms. The average Bonchev–Trinajstić information content (AvgIpc) is 3.19. The Kier molecular flexibility index (Phi) is 3.58. The van der Waals surface area contributed by atoms with Crippen LogP contribution in [0.25, 0.3) is 10.6 Å². The third-order valence-electron chi connectivity index (χ3n) is 3.77. The van der Waals surface area contributed by atoms with Crippen LogP contribution in [0.3, 0.4) is 0 Å². The predicted molar refractivity (Wildman–Crippen MR) is 75.6 cm³/mol. The summed E-state index contributed by atoms with van der Waals surface area (Å²) in [6.45, 7) is -0.0368. The highest BCUT2D eigenvalue weighted by molar-refractivity contribution is 7.13. The van der Waals surface area contributed by atoms with Gasteiger partial charge in [-0.3, -0.25) is 4.79 Å². The summed E-state index contributed by atoms with van der Waals surface area (Å²) < 4.78 is 5.34. The second-order valence-corrected chi connectivity index (χ2v) is 6.05. The maximum absolute atomic E-state index is 12.4. The largest absolute Gasteiger partial charge is 0.442 e. The van der Waals surface area contributed by atoms with E-state index in [0.29, 0.717) is 5.76 Å². The Balaban J connectivity index is 1.83. The van der Waals surface area contributed by atoms with Crippen molar-refractivity contribution in [2.75, 3.05) is 6.61 Å². The highest BCUT2D eigenvalue weighted by atomic mass is 32.1. The third-order valence-corrected chi connectivity index (χ3v) is 4.64. The second-order valence-electron chi connectivity index (χ2n) is 5.11. The van der Waals surface area contributed by atoms with Crippen molar-refractivity contribution >= 4 is 17.2 Å². The molecule has 5 nitrogen and oxygen atoms in total. The molecule has 1 fully saturated rings. The van der Waals surface area contributed by atoms with E-state index in [0.717, 1.165) is 30.6 Å². The van der Waals surface area contributed by atoms with Gasteiger partial charge in [-0.05, 0) is 24.3 Å². The van der Waals surface area contributed by atoms with Crippen LogP contribution in [0, 0.1) is 0 Å². The Hall–Kier alpha value is -1.66. The molecule has 0 bridgehead atoms. The van der Waals surface area contributed by atoms with E-state index >= 15 is 0 Å². The van der Waals surface area contributed by atoms with Crippen molar-refractivity contribution in [2.45, 2.75) is 31.2 Å². The Morgan fingerprint density at radius 1 is 1.50 bits per heavy atom. The molecule has 2 N–H and O–H groups in total. The molecule has 3 rings (SSSR count). The number of amides is 1. The van der Waals surface area contributed by atoms with Gasteiger partial charge in [-0.2, -0.15) is 0 Å². The molecule has 1 saturated carbocycles. The molecule has 0 aromatic carbocycles. The van der Waals surface area contributed by atoms with E-state index in [1.165, 1.54) is 17.7 Å². The normalized spacial score (nSPS) is 17.2. The molecule has 1 aliphatic carbocycles. The van der Waals surface area contributed by atoms with E-state index in [9.17, 15) is 9.90 Å². The van der Waals surface area contributed by atoms with Crippen LogP contribution in [0.2, 0.25) is 0 Å². The number of thiophene rings is 1. The molecule has 106 valence electrons. The number of hydrogen-bond acceptors (Lipinski definition) is 5. The Bertz CT molecular complexity index is 585. The number of aromatic nitrogens is 1. The first-order chi connectivity index (χ1) is 9.74. The molecule has 2 aromatic heterocycles. The number of aliphatic hydroxyl groups excluding tert-OH is 1. The Labute approximate surface area is 120 Å². The lowest BCUT2D eigenvalue weighted by atomic mass is 9.98. The molecular weight excluding hydrogens is 276 g/mol. The molecule has 20 heavy (non-hydrogen) atoms. The number of carbonyl (C=O) groups is 1. The first-order valence-electron chi connectivity index (χ1n) is 6.65. The summed E-state index contributed by atoms with van der Waals surface area (Å²) in [4.78, 5) is 17.3. The topological polar surface area (TPSA) is 75.4 Å². The Morgan fingerprint density at radius 3 is 2.95 bits per heavy atom. The number of aliphatic hydroxyl groups is 1. The van der Waals surface area contributed by atoms with Gasteiger partial charge in [-0.25, -0.2) is 4.98 Å². The van der Waals surface area contributed by atoms with Gasteiger partial charge < -0.3 is 14.8 Å². The highest BCUT2D eigenvalue weighted by Crippen LogP contribution is 2.31. The van der Waals surface area contributed by atoms with Crippen LogP contribution in [0.1, 0.15) is 36.2 Å². The number of nitrogens with zero attached hydrogens (tertiary/aromatic N) is 1. The fourth-order valence-electron chi connectivity index (χ4n) is 2.66. The van der Waals surface area contributed by atoms with Gasteiger partial charge in [0, 0.05) is 0 Å². The van der Waals surface area contributed by atoms with E-state index < -0.39 is 5.54 Å². The lowest BCUT2D eigenvalue weighted by Gasteiger charge is -2.27. The fraction of sp³-hybridized carbons (Fsp3) is 0.429. The molecule has 2 aromatic rings. The van der Waals surface area contributed by atoms with Crippen molar-refractivity contribution in [3.63, 3.8) is 0 Å². The van der Waals surface area contributed by atoms with Gasteiger partial charge in [0.15, 0.2) is 17.8 Å². The molecule has 0 atom stereocenters. The van der Waals surface area contributed by atoms with Gasteiger partial charge in [-0.15, -0.1) is 11.3 Å². The minimum Gasteiger partial charge on any atom is -0.442 e. The van der Waals surface area contributed by atoms with Crippen molar-refractivity contribution in [3.8, 4) is 10.6 Å². The lowest BCUT2D eigenvalue weighted by Crippen LogP contribution is -2.49. The standard InChI is InChI=1S/C14H16N2O3S/c17-8-14(5-1-2-6-14)16-13(18)11-12(19-9-15-11)10-4-3-7-20-10/h3-4,7,9,17H,1-2,5-6,8H2,(H,16,18). The summed E-state index contributed by atoms with van der Waals surface area (Å²) in [6, 6.07) is 3.79. The number of carbonyl (C=O) groups excluding carboxylic acids is 1. The zero-order valence-corrected chi connectivity index (χ0v) is 11.8. The minimum absolute atomic E-state index is 0.0368. The summed E-state index contributed by atoms with van der Waals surface area (Å²) in [5.41, 5.74) is -0.213. The van der Waals surface area contributed by atoms with Gasteiger partial charge in [0.1, 0.15) is 0 Å². The molecular formula is C14H16N2O3S. The molecule has 1 amide bonds. The van der Waals surface area contributed by atoms with Crippen LogP contribution < -0.4 is 5.32 Å². The van der Waals surface area contributed by atoms with E-state index in [2.05, 4.69) is 10.3 Å². The Morgan fingerprint density at radius 2 is 2.30 bits per heavy atom. The van der Waals surface area contributed by atoms with Crippen LogP contribution in [-0.2, 0) is 0 Å². The number of rotatable bonds is 4. The van der Waals surface area contributed by atoms with E-state index in [1.54, 1.807) is 0 Å². The SMILES string of the molecule is O=C(NC1(CO)CCCC1)c1ncoc1-c1cccs1. The second kappa shape index (κ2) is 5.38. The zero-order valence-electron chi connectivity index (χ0n) is 11.0. The van der Waals surface area contributed by atoms with Crippen LogP contribution in [0.5, 0.6) is 0 Å². The number of hydrogen-bond donors (Lipinski definition) is 2. The summed E-state index contributed by atoms with van der Waals surface area (Å²) >= 11 is 1.50. The van der Waals surface area contributed by atoms with Crippen molar-refractivity contribution < 1.29 is 14.3 Å². The molecule has 0 aliphatic heterocycles. The minimum atomic E-state index is -0.497. The van der Waals surface area contributed by atoms with Crippen molar-refractivity contribution in [2.24, 2.45) is 0 Å². The van der Waals surface area contributed by atoms with Crippen molar-refractivity contribution in [3.05, 3.63) is 29.6 Å². The van der Waals surface area contributed by atoms with Gasteiger partial charge in [0.25, 0.3) is 5.91 Å². The smallest absolute Gasteiger partial charge is 0.274 e. The third kappa shape index (κ3) is 2.36. The average molecular weight is 292 g/mol. The predicted octanol–water partition coefficient (Wildman–Crippen LogP) is 2.44. The van der Waals surface area contributed by atoms with E-state index in [-0.39, 0.29) is 18.2 Å². The van der Waals surface area contributed by atoms with Gasteiger partial charge in [0.05, 0.1) is 17.0 Å². The summed E-state index contributed by atoms with van der Waals surface area (Å²) in [5.74, 6) is 0.210. The van der Waals surface area contributed by atoms with Gasteiger partial charge >= 0.3 is 0 Å². The van der Waals surface area contributed by atoms with E-state index in [4.69, 9.17) is 4.42 Å². The number of nitrogens with one attached hydrogen (secondary N) is 1. The molecule has 6 heteroatoms. The maximum atomic E-state index is 12.4. The van der Waals surface area contributed by atoms with Crippen LogP contribution >= 0.6 is 11.3 Å². The van der Waals surface area contributed by atoms with Gasteiger partial charge in [-0.1, -0.05) is 18.9 Å². The monoisotopic (exact) mass is 292 g/mol. The van der Waals surface area contributed by atoms with Crippen LogP contribution in [0.15, 0.2) is 28.3 Å². The van der Waals surface area contributed by atoms with Crippen molar-refractivity contribution in [1.29, 1.82) is 0 Å². The van der Waals surface area contributed by atoms with Crippen molar-refractivity contribution in [1.82, 2.24) is 10.3 Å². The molecule has 0 unspecified atom stereocenters. The summed E-state index contributed by atoms with van der Waals surface area (Å²) in [5, 5.41) is 14.4. The first kappa shape index (κ1) is 13.3. The fourth-order valence-corrected chi connectivity index (χ4v) is 3.38. The van der Waals surface area contributed by atoms with E-state index in [1.807, 2.05) is 17.5 Å². The zero-order chi connectivity index (χ0) is 14.0. The maximum Gasteiger partial charge on any atom is 0.274 e. The summed E-state index contributed by atoms with van der Waals surface area (Å²) in [7, 11) is 0. The van der Waals surface area contributed by atoms with Gasteiger partial charge in [0.2, 0.25) is 0 Å². The molecule has 0 saturated heterocycles. The first-order valence-corrected chi connectivity index (χ1v) is 7.53. The highest BCUT2D eigenvalue weighted by Gasteiger charge is 2.36. The molecule has 0 radical (unpaired) electrons. The number of oxazole rings is 1. The van der Waals surface area contributed by atoms with Crippen LogP contribution in [0.4, 0.5) is 0 Å². The molecule has 2 heterocycles. The molecule has 1 aliphatic rings.